The van der Waals surface area contributed by atoms with E-state index in [9.17, 15) is 14.9 Å². The van der Waals surface area contributed by atoms with Crippen molar-refractivity contribution in [2.45, 2.75) is 19.4 Å². The van der Waals surface area contributed by atoms with Crippen LogP contribution in [0.3, 0.4) is 0 Å². The highest BCUT2D eigenvalue weighted by Crippen LogP contribution is 2.09. The molecule has 0 aliphatic rings. The second-order valence-electron chi connectivity index (χ2n) is 3.57. The van der Waals surface area contributed by atoms with Gasteiger partial charge in [-0.05, 0) is 11.3 Å². The number of hydrogen-bond acceptors (Lipinski definition) is 4. The fourth-order valence-electron chi connectivity index (χ4n) is 1.27. The molecule has 1 heterocycles. The summed E-state index contributed by atoms with van der Waals surface area (Å²) in [6, 6.07) is 0. The van der Waals surface area contributed by atoms with Crippen LogP contribution in [0.1, 0.15) is 12.8 Å². The summed E-state index contributed by atoms with van der Waals surface area (Å²) in [6.45, 7) is 0.426. The van der Waals surface area contributed by atoms with Crippen LogP contribution in [0, 0.1) is 10.1 Å². The molecule has 0 aromatic carbocycles. The zero-order valence-electron chi connectivity index (χ0n) is 9.29. The summed E-state index contributed by atoms with van der Waals surface area (Å²) in [4.78, 5) is 26.4. The number of carbonyl (C=O) groups is 1. The Balaban J connectivity index is 2.46. The van der Waals surface area contributed by atoms with Crippen molar-refractivity contribution in [3.63, 3.8) is 0 Å². The van der Waals surface area contributed by atoms with Crippen LogP contribution in [-0.2, 0) is 11.3 Å². The van der Waals surface area contributed by atoms with E-state index in [0.29, 0.717) is 19.4 Å². The van der Waals surface area contributed by atoms with Crippen LogP contribution in [0.2, 0.25) is 0 Å². The second kappa shape index (κ2) is 5.24. The largest absolute Gasteiger partial charge is 0.434 e. The van der Waals surface area contributed by atoms with Crippen molar-refractivity contribution in [2.75, 3.05) is 14.1 Å². The molecule has 0 unspecified atom stereocenters. The SMILES string of the molecule is CN(C)C(=O)CCCn1ccnc1[N+](=O)[O-]. The van der Waals surface area contributed by atoms with Crippen LogP contribution in [0.25, 0.3) is 0 Å². The maximum atomic E-state index is 11.3. The minimum absolute atomic E-state index is 0.0165. The van der Waals surface area contributed by atoms with Gasteiger partial charge in [0.2, 0.25) is 5.91 Å². The Morgan fingerprint density at radius 2 is 2.31 bits per heavy atom. The third kappa shape index (κ3) is 3.04. The van der Waals surface area contributed by atoms with Gasteiger partial charge in [0.1, 0.15) is 12.4 Å². The number of carbonyl (C=O) groups excluding carboxylic acids is 1. The Bertz CT molecular complexity index is 386. The lowest BCUT2D eigenvalue weighted by atomic mass is 10.3. The first kappa shape index (κ1) is 12.2. The molecule has 0 spiro atoms. The van der Waals surface area contributed by atoms with E-state index in [0.717, 1.165) is 0 Å². The molecule has 1 rings (SSSR count). The molecule has 1 aromatic heterocycles. The molecule has 1 aromatic rings. The van der Waals surface area contributed by atoms with Crippen molar-refractivity contribution in [3.8, 4) is 0 Å². The van der Waals surface area contributed by atoms with Crippen molar-refractivity contribution in [1.82, 2.24) is 14.5 Å². The summed E-state index contributed by atoms with van der Waals surface area (Å²) in [6.07, 6.45) is 3.86. The van der Waals surface area contributed by atoms with Gasteiger partial charge in [0.05, 0.1) is 6.54 Å². The number of nitrogens with zero attached hydrogens (tertiary/aromatic N) is 4. The van der Waals surface area contributed by atoms with E-state index in [2.05, 4.69) is 4.98 Å². The van der Waals surface area contributed by atoms with Gasteiger partial charge in [-0.15, -0.1) is 0 Å². The summed E-state index contributed by atoms with van der Waals surface area (Å²) >= 11 is 0. The first-order valence-corrected chi connectivity index (χ1v) is 4.88. The van der Waals surface area contributed by atoms with Gasteiger partial charge in [0.15, 0.2) is 0 Å². The maximum absolute atomic E-state index is 11.3. The van der Waals surface area contributed by atoms with Crippen molar-refractivity contribution >= 4 is 11.9 Å². The predicted molar refractivity (Wildman–Crippen MR) is 56.8 cm³/mol. The summed E-state index contributed by atoms with van der Waals surface area (Å²) in [5.74, 6) is -0.167. The van der Waals surface area contributed by atoms with E-state index >= 15 is 0 Å². The number of aryl methyl sites for hydroxylation is 1. The predicted octanol–water partition coefficient (Wildman–Crippen LogP) is 0.660. The average Bonchev–Trinajstić information content (AvgIpc) is 2.65. The van der Waals surface area contributed by atoms with Crippen LogP contribution in [0.15, 0.2) is 12.4 Å². The van der Waals surface area contributed by atoms with E-state index in [1.54, 1.807) is 14.1 Å². The first-order chi connectivity index (χ1) is 7.52. The number of imidazole rings is 1. The van der Waals surface area contributed by atoms with Gasteiger partial charge in [0, 0.05) is 20.5 Å². The lowest BCUT2D eigenvalue weighted by molar-refractivity contribution is -0.396. The molecule has 88 valence electrons. The topological polar surface area (TPSA) is 81.3 Å². The third-order valence-electron chi connectivity index (χ3n) is 2.15. The van der Waals surface area contributed by atoms with Gasteiger partial charge in [0.25, 0.3) is 0 Å². The van der Waals surface area contributed by atoms with Gasteiger partial charge >= 0.3 is 5.95 Å². The number of nitro groups is 1. The molecule has 0 bridgehead atoms. The fraction of sp³-hybridized carbons (Fsp3) is 0.556. The number of rotatable bonds is 5. The summed E-state index contributed by atoms with van der Waals surface area (Å²) in [5, 5.41) is 10.5. The van der Waals surface area contributed by atoms with Gasteiger partial charge in [-0.2, -0.15) is 0 Å². The molecule has 0 saturated heterocycles. The average molecular weight is 226 g/mol. The van der Waals surface area contributed by atoms with Gasteiger partial charge < -0.3 is 15.0 Å². The number of aromatic nitrogens is 2. The Labute approximate surface area is 92.8 Å². The quantitative estimate of drug-likeness (QED) is 0.545. The first-order valence-electron chi connectivity index (χ1n) is 4.88. The molecular weight excluding hydrogens is 212 g/mol. The van der Waals surface area contributed by atoms with Crippen LogP contribution in [-0.4, -0.2) is 39.4 Å². The Hall–Kier alpha value is -1.92. The van der Waals surface area contributed by atoms with Crippen molar-refractivity contribution < 1.29 is 9.72 Å². The van der Waals surface area contributed by atoms with Crippen molar-refractivity contribution in [1.29, 1.82) is 0 Å². The minimum atomic E-state index is -0.534. The number of amides is 1. The Morgan fingerprint density at radius 1 is 1.62 bits per heavy atom. The monoisotopic (exact) mass is 226 g/mol. The van der Waals surface area contributed by atoms with E-state index in [1.165, 1.54) is 21.9 Å². The minimum Gasteiger partial charge on any atom is -0.390 e. The molecule has 7 nitrogen and oxygen atoms in total. The van der Waals surface area contributed by atoms with E-state index in [-0.39, 0.29) is 11.9 Å². The second-order valence-corrected chi connectivity index (χ2v) is 3.57. The zero-order valence-corrected chi connectivity index (χ0v) is 9.29. The van der Waals surface area contributed by atoms with Crippen molar-refractivity contribution in [3.05, 3.63) is 22.5 Å². The van der Waals surface area contributed by atoms with Gasteiger partial charge in [-0.3, -0.25) is 4.79 Å². The Morgan fingerprint density at radius 3 is 2.88 bits per heavy atom. The highest BCUT2D eigenvalue weighted by Gasteiger charge is 2.14. The molecular formula is C9H14N4O3. The normalized spacial score (nSPS) is 10.1. The fourth-order valence-corrected chi connectivity index (χ4v) is 1.27. The van der Waals surface area contributed by atoms with Gasteiger partial charge in [-0.1, -0.05) is 4.98 Å². The highest BCUT2D eigenvalue weighted by atomic mass is 16.6. The van der Waals surface area contributed by atoms with E-state index in [4.69, 9.17) is 0 Å². The zero-order chi connectivity index (χ0) is 12.1. The highest BCUT2D eigenvalue weighted by molar-refractivity contribution is 5.75. The molecule has 1 amide bonds. The lowest BCUT2D eigenvalue weighted by Crippen LogP contribution is -2.21. The van der Waals surface area contributed by atoms with Crippen LogP contribution >= 0.6 is 0 Å². The standard InChI is InChI=1S/C9H14N4O3/c1-11(2)8(14)4-3-6-12-7-5-10-9(12)13(15)16/h5,7H,3-4,6H2,1-2H3. The summed E-state index contributed by atoms with van der Waals surface area (Å²) in [5.41, 5.74) is 0. The third-order valence-corrected chi connectivity index (χ3v) is 2.15. The smallest absolute Gasteiger partial charge is 0.390 e. The summed E-state index contributed by atoms with van der Waals surface area (Å²) in [7, 11) is 3.37. The lowest BCUT2D eigenvalue weighted by Gasteiger charge is -2.09. The molecule has 7 heteroatoms. The van der Waals surface area contributed by atoms with E-state index < -0.39 is 4.92 Å². The Kier molecular flexibility index (Phi) is 3.98. The molecule has 0 saturated carbocycles. The van der Waals surface area contributed by atoms with Crippen LogP contribution in [0.4, 0.5) is 5.95 Å². The van der Waals surface area contributed by atoms with E-state index in [1.807, 2.05) is 0 Å². The van der Waals surface area contributed by atoms with Crippen LogP contribution in [0.5, 0.6) is 0 Å². The maximum Gasteiger partial charge on any atom is 0.434 e. The molecule has 16 heavy (non-hydrogen) atoms. The van der Waals surface area contributed by atoms with Gasteiger partial charge in [-0.25, -0.2) is 4.57 Å². The molecule has 0 N–H and O–H groups in total. The molecule has 0 radical (unpaired) electrons. The molecule has 0 fully saturated rings. The van der Waals surface area contributed by atoms with Crippen LogP contribution < -0.4 is 0 Å². The molecule has 0 aliphatic heterocycles. The van der Waals surface area contributed by atoms with Crippen molar-refractivity contribution in [2.24, 2.45) is 0 Å². The molecule has 0 atom stereocenters. The number of hydrogen-bond donors (Lipinski definition) is 0. The summed E-state index contributed by atoms with van der Waals surface area (Å²) < 4.78 is 1.43. The molecule has 0 aliphatic carbocycles.